The lowest BCUT2D eigenvalue weighted by molar-refractivity contribution is -0.134. The largest absolute Gasteiger partial charge is 0.488 e. The van der Waals surface area contributed by atoms with Crippen LogP contribution in [-0.2, 0) is 21.2 Å². The molecule has 0 fully saturated rings. The van der Waals surface area contributed by atoms with Crippen molar-refractivity contribution >= 4 is 21.6 Å². The summed E-state index contributed by atoms with van der Waals surface area (Å²) < 4.78 is 31.6. The number of aliphatic hydroxyl groups is 1. The van der Waals surface area contributed by atoms with Gasteiger partial charge in [-0.1, -0.05) is 6.92 Å². The highest BCUT2D eigenvalue weighted by molar-refractivity contribution is 7.92. The van der Waals surface area contributed by atoms with Crippen molar-refractivity contribution in [2.45, 2.75) is 32.4 Å². The Labute approximate surface area is 160 Å². The molecule has 8 nitrogen and oxygen atoms in total. The second kappa shape index (κ2) is 8.90. The molecule has 9 heteroatoms. The van der Waals surface area contributed by atoms with Crippen molar-refractivity contribution in [1.82, 2.24) is 10.2 Å². The SMILES string of the molecule is CNCC1Oc2ccc(NS(C)(=O)=O)cc2CC(=O)N(C(C)CO)CC1C. The van der Waals surface area contributed by atoms with E-state index in [1.807, 2.05) is 14.0 Å². The number of sulfonamides is 1. The van der Waals surface area contributed by atoms with Gasteiger partial charge in [0.05, 0.1) is 25.3 Å². The van der Waals surface area contributed by atoms with Crippen molar-refractivity contribution in [1.29, 1.82) is 0 Å². The number of rotatable bonds is 6. The number of fused-ring (bicyclic) bond motifs is 1. The van der Waals surface area contributed by atoms with Gasteiger partial charge in [0, 0.05) is 30.3 Å². The van der Waals surface area contributed by atoms with Gasteiger partial charge in [0.2, 0.25) is 15.9 Å². The molecule has 3 atom stereocenters. The van der Waals surface area contributed by atoms with Crippen LogP contribution in [0.3, 0.4) is 0 Å². The summed E-state index contributed by atoms with van der Waals surface area (Å²) in [6, 6.07) is 4.63. The fourth-order valence-corrected chi connectivity index (χ4v) is 3.71. The first kappa shape index (κ1) is 21.5. The van der Waals surface area contributed by atoms with Gasteiger partial charge in [-0.25, -0.2) is 8.42 Å². The quantitative estimate of drug-likeness (QED) is 0.640. The second-order valence-electron chi connectivity index (χ2n) is 7.14. The monoisotopic (exact) mass is 399 g/mol. The lowest BCUT2D eigenvalue weighted by Crippen LogP contribution is -2.47. The van der Waals surface area contributed by atoms with Crippen molar-refractivity contribution < 1.29 is 23.1 Å². The molecule has 2 rings (SSSR count). The summed E-state index contributed by atoms with van der Waals surface area (Å²) in [5.41, 5.74) is 0.992. The Hall–Kier alpha value is -1.84. The molecule has 0 saturated carbocycles. The van der Waals surface area contributed by atoms with E-state index in [4.69, 9.17) is 4.74 Å². The summed E-state index contributed by atoms with van der Waals surface area (Å²) in [6.07, 6.45) is 0.964. The molecule has 0 radical (unpaired) electrons. The Morgan fingerprint density at radius 1 is 1.41 bits per heavy atom. The van der Waals surface area contributed by atoms with Crippen molar-refractivity contribution in [2.75, 3.05) is 37.7 Å². The average Bonchev–Trinajstić information content (AvgIpc) is 2.62. The van der Waals surface area contributed by atoms with Crippen LogP contribution in [0.1, 0.15) is 19.4 Å². The second-order valence-corrected chi connectivity index (χ2v) is 8.89. The molecule has 3 unspecified atom stereocenters. The lowest BCUT2D eigenvalue weighted by Gasteiger charge is -2.32. The molecule has 0 saturated heterocycles. The number of aliphatic hydroxyl groups excluding tert-OH is 1. The number of carbonyl (C=O) groups excluding carboxylic acids is 1. The number of nitrogens with zero attached hydrogens (tertiary/aromatic N) is 1. The van der Waals surface area contributed by atoms with E-state index in [0.717, 1.165) is 6.26 Å². The maximum absolute atomic E-state index is 12.9. The molecule has 1 aliphatic heterocycles. The summed E-state index contributed by atoms with van der Waals surface area (Å²) in [5, 5.41) is 12.7. The number of benzene rings is 1. The van der Waals surface area contributed by atoms with E-state index in [1.54, 1.807) is 30.0 Å². The van der Waals surface area contributed by atoms with E-state index in [-0.39, 0.29) is 37.0 Å². The predicted octanol–water partition coefficient (Wildman–Crippen LogP) is 0.427. The maximum Gasteiger partial charge on any atom is 0.229 e. The molecular weight excluding hydrogens is 370 g/mol. The summed E-state index contributed by atoms with van der Waals surface area (Å²) in [7, 11) is -1.59. The van der Waals surface area contributed by atoms with Gasteiger partial charge < -0.3 is 20.1 Å². The topological polar surface area (TPSA) is 108 Å². The smallest absolute Gasteiger partial charge is 0.229 e. The Kier molecular flexibility index (Phi) is 7.07. The van der Waals surface area contributed by atoms with Gasteiger partial charge in [0.25, 0.3) is 0 Å². The van der Waals surface area contributed by atoms with Gasteiger partial charge in [-0.05, 0) is 32.2 Å². The molecule has 3 N–H and O–H groups in total. The van der Waals surface area contributed by atoms with Crippen LogP contribution in [0, 0.1) is 5.92 Å². The normalized spacial score (nSPS) is 22.1. The van der Waals surface area contributed by atoms with Gasteiger partial charge in [0.1, 0.15) is 11.9 Å². The first-order chi connectivity index (χ1) is 12.6. The van der Waals surface area contributed by atoms with Gasteiger partial charge in [-0.15, -0.1) is 0 Å². The fourth-order valence-electron chi connectivity index (χ4n) is 3.15. The zero-order chi connectivity index (χ0) is 20.2. The minimum atomic E-state index is -3.43. The van der Waals surface area contributed by atoms with Crippen molar-refractivity contribution in [3.63, 3.8) is 0 Å². The molecule has 0 aromatic heterocycles. The summed E-state index contributed by atoms with van der Waals surface area (Å²) >= 11 is 0. The Morgan fingerprint density at radius 2 is 2.11 bits per heavy atom. The summed E-state index contributed by atoms with van der Waals surface area (Å²) in [5.74, 6) is 0.470. The number of amides is 1. The van der Waals surface area contributed by atoms with Gasteiger partial charge in [0.15, 0.2) is 0 Å². The van der Waals surface area contributed by atoms with E-state index in [2.05, 4.69) is 10.0 Å². The number of hydrogen-bond acceptors (Lipinski definition) is 6. The number of carbonyl (C=O) groups is 1. The fraction of sp³-hybridized carbons (Fsp3) is 0.611. The van der Waals surface area contributed by atoms with Crippen LogP contribution in [0.2, 0.25) is 0 Å². The Bertz CT molecular complexity index is 768. The minimum Gasteiger partial charge on any atom is -0.488 e. The Morgan fingerprint density at radius 3 is 2.70 bits per heavy atom. The van der Waals surface area contributed by atoms with Crippen molar-refractivity contribution in [3.8, 4) is 5.75 Å². The van der Waals surface area contributed by atoms with Gasteiger partial charge in [-0.3, -0.25) is 9.52 Å². The molecule has 1 heterocycles. The third-order valence-corrected chi connectivity index (χ3v) is 5.23. The van der Waals surface area contributed by atoms with Gasteiger partial charge >= 0.3 is 0 Å². The van der Waals surface area contributed by atoms with Crippen LogP contribution in [0.15, 0.2) is 18.2 Å². The average molecular weight is 400 g/mol. The molecule has 152 valence electrons. The molecule has 1 aliphatic rings. The zero-order valence-corrected chi connectivity index (χ0v) is 17.0. The number of ether oxygens (including phenoxy) is 1. The van der Waals surface area contributed by atoms with Gasteiger partial charge in [-0.2, -0.15) is 0 Å². The van der Waals surface area contributed by atoms with E-state index in [0.29, 0.717) is 30.1 Å². The Balaban J connectivity index is 2.45. The van der Waals surface area contributed by atoms with Crippen LogP contribution in [-0.4, -0.2) is 69.5 Å². The van der Waals surface area contributed by atoms with Crippen molar-refractivity contribution in [3.05, 3.63) is 23.8 Å². The highest BCUT2D eigenvalue weighted by Gasteiger charge is 2.30. The van der Waals surface area contributed by atoms with Crippen LogP contribution < -0.4 is 14.8 Å². The third-order valence-electron chi connectivity index (χ3n) is 4.63. The molecular formula is C18H29N3O5S. The van der Waals surface area contributed by atoms with E-state index in [9.17, 15) is 18.3 Å². The third kappa shape index (κ3) is 5.82. The van der Waals surface area contributed by atoms with E-state index >= 15 is 0 Å². The summed E-state index contributed by atoms with van der Waals surface area (Å²) in [6.45, 7) is 4.75. The first-order valence-electron chi connectivity index (χ1n) is 8.97. The number of anilines is 1. The minimum absolute atomic E-state index is 0.0372. The van der Waals surface area contributed by atoms with Crippen LogP contribution in [0.4, 0.5) is 5.69 Å². The maximum atomic E-state index is 12.9. The van der Waals surface area contributed by atoms with Crippen LogP contribution >= 0.6 is 0 Å². The van der Waals surface area contributed by atoms with E-state index < -0.39 is 10.0 Å². The number of likely N-dealkylation sites (N-methyl/N-ethyl adjacent to an activating group) is 1. The molecule has 0 spiro atoms. The zero-order valence-electron chi connectivity index (χ0n) is 16.2. The first-order valence-corrected chi connectivity index (χ1v) is 10.9. The standard InChI is InChI=1S/C18H29N3O5S/c1-12-10-21(13(2)11-22)18(23)8-14-7-15(20-27(4,24)25)5-6-16(14)26-17(12)9-19-3/h5-7,12-13,17,19-20,22H,8-11H2,1-4H3. The molecule has 1 aromatic carbocycles. The molecule has 1 amide bonds. The highest BCUT2D eigenvalue weighted by atomic mass is 32.2. The van der Waals surface area contributed by atoms with Crippen LogP contribution in [0.25, 0.3) is 0 Å². The molecule has 0 aliphatic carbocycles. The molecule has 1 aromatic rings. The summed E-state index contributed by atoms with van der Waals surface area (Å²) in [4.78, 5) is 14.6. The van der Waals surface area contributed by atoms with E-state index in [1.165, 1.54) is 0 Å². The molecule has 27 heavy (non-hydrogen) atoms. The molecule has 0 bridgehead atoms. The lowest BCUT2D eigenvalue weighted by atomic mass is 10.0. The predicted molar refractivity (Wildman–Crippen MR) is 104 cm³/mol. The van der Waals surface area contributed by atoms with Crippen molar-refractivity contribution in [2.24, 2.45) is 5.92 Å². The number of nitrogens with one attached hydrogen (secondary N) is 2. The number of hydrogen-bond donors (Lipinski definition) is 3. The highest BCUT2D eigenvalue weighted by Crippen LogP contribution is 2.29. The van der Waals surface area contributed by atoms with Crippen LogP contribution in [0.5, 0.6) is 5.75 Å².